The molecule has 0 radical (unpaired) electrons. The zero-order valence-electron chi connectivity index (χ0n) is 19.6. The van der Waals surface area contributed by atoms with Crippen molar-refractivity contribution in [2.24, 2.45) is 5.73 Å². The number of aliphatic hydroxyl groups excluding tert-OH is 1. The lowest BCUT2D eigenvalue weighted by Gasteiger charge is -2.31. The lowest BCUT2D eigenvalue weighted by molar-refractivity contribution is -0.140. The molecule has 2 aliphatic heterocycles. The standard InChI is InChI=1S/C26H29N3O6/c1-17-2-4-19(5-3-17)24(31)22-23(18-6-8-20(9-7-18)35-16-21(27)30)29(26(33)25(22)32)11-10-28-12-14-34-15-13-28/h2-9,23,31H,10-16H2,1H3,(H2,27,30). The van der Waals surface area contributed by atoms with Gasteiger partial charge in [0.1, 0.15) is 11.5 Å². The maximum absolute atomic E-state index is 13.2. The average Bonchev–Trinajstić information content (AvgIpc) is 3.12. The zero-order chi connectivity index (χ0) is 24.9. The van der Waals surface area contributed by atoms with Crippen LogP contribution in [0.4, 0.5) is 0 Å². The molecule has 2 fully saturated rings. The van der Waals surface area contributed by atoms with E-state index < -0.39 is 23.6 Å². The number of rotatable bonds is 8. The largest absolute Gasteiger partial charge is 0.507 e. The Balaban J connectivity index is 1.69. The van der Waals surface area contributed by atoms with Crippen LogP contribution in [0.15, 0.2) is 54.1 Å². The van der Waals surface area contributed by atoms with Gasteiger partial charge in [0.15, 0.2) is 6.61 Å². The van der Waals surface area contributed by atoms with Crippen molar-refractivity contribution in [3.8, 4) is 5.75 Å². The lowest BCUT2D eigenvalue weighted by atomic mass is 9.95. The third-order valence-corrected chi connectivity index (χ3v) is 6.20. The lowest BCUT2D eigenvalue weighted by Crippen LogP contribution is -2.42. The number of nitrogens with zero attached hydrogens (tertiary/aromatic N) is 2. The quantitative estimate of drug-likeness (QED) is 0.335. The maximum atomic E-state index is 13.2. The SMILES string of the molecule is Cc1ccc(C(O)=C2C(=O)C(=O)N(CCN3CCOCC3)C2c2ccc(OCC(N)=O)cc2)cc1. The Hall–Kier alpha value is -3.69. The van der Waals surface area contributed by atoms with E-state index in [4.69, 9.17) is 15.2 Å². The van der Waals surface area contributed by atoms with Crippen molar-refractivity contribution in [1.29, 1.82) is 0 Å². The smallest absolute Gasteiger partial charge is 0.295 e. The Morgan fingerprint density at radius 2 is 1.71 bits per heavy atom. The fraction of sp³-hybridized carbons (Fsp3) is 0.346. The van der Waals surface area contributed by atoms with Crippen LogP contribution in [0.3, 0.4) is 0 Å². The Labute approximate surface area is 203 Å². The first-order valence-electron chi connectivity index (χ1n) is 11.5. The monoisotopic (exact) mass is 479 g/mol. The number of benzene rings is 2. The summed E-state index contributed by atoms with van der Waals surface area (Å²) in [4.78, 5) is 41.0. The third kappa shape index (κ3) is 5.52. The molecule has 0 bridgehead atoms. The number of aliphatic hydroxyl groups is 1. The van der Waals surface area contributed by atoms with E-state index in [1.54, 1.807) is 36.4 Å². The van der Waals surface area contributed by atoms with Crippen molar-refractivity contribution in [3.05, 3.63) is 70.8 Å². The molecule has 2 amide bonds. The molecule has 2 aromatic rings. The number of morpholine rings is 1. The molecule has 1 atom stereocenters. The second-order valence-corrected chi connectivity index (χ2v) is 8.64. The molecule has 0 aromatic heterocycles. The zero-order valence-corrected chi connectivity index (χ0v) is 19.6. The highest BCUT2D eigenvalue weighted by molar-refractivity contribution is 6.46. The van der Waals surface area contributed by atoms with E-state index >= 15 is 0 Å². The number of carbonyl (C=O) groups excluding carboxylic acids is 3. The Kier molecular flexibility index (Phi) is 7.48. The highest BCUT2D eigenvalue weighted by Gasteiger charge is 2.46. The minimum atomic E-state index is -0.762. The van der Waals surface area contributed by atoms with E-state index in [1.807, 2.05) is 19.1 Å². The Morgan fingerprint density at radius 3 is 2.34 bits per heavy atom. The topological polar surface area (TPSA) is 122 Å². The summed E-state index contributed by atoms with van der Waals surface area (Å²) in [5, 5.41) is 11.1. The van der Waals surface area contributed by atoms with Crippen LogP contribution in [0, 0.1) is 6.92 Å². The molecular weight excluding hydrogens is 450 g/mol. The van der Waals surface area contributed by atoms with Gasteiger partial charge in [0.05, 0.1) is 24.8 Å². The summed E-state index contributed by atoms with van der Waals surface area (Å²) in [5.74, 6) is -1.74. The fourth-order valence-electron chi connectivity index (χ4n) is 4.30. The summed E-state index contributed by atoms with van der Waals surface area (Å²) in [7, 11) is 0. The van der Waals surface area contributed by atoms with E-state index in [1.165, 1.54) is 4.90 Å². The fourth-order valence-corrected chi connectivity index (χ4v) is 4.30. The highest BCUT2D eigenvalue weighted by atomic mass is 16.5. The summed E-state index contributed by atoms with van der Waals surface area (Å²) in [6.45, 7) is 5.33. The van der Waals surface area contributed by atoms with Crippen LogP contribution >= 0.6 is 0 Å². The molecule has 184 valence electrons. The van der Waals surface area contributed by atoms with Crippen LogP contribution in [0.25, 0.3) is 5.76 Å². The predicted octanol–water partition coefficient (Wildman–Crippen LogP) is 1.61. The van der Waals surface area contributed by atoms with Gasteiger partial charge in [-0.3, -0.25) is 19.3 Å². The first kappa shape index (κ1) is 24.4. The minimum Gasteiger partial charge on any atom is -0.507 e. The molecule has 4 rings (SSSR count). The number of ketones is 1. The number of nitrogens with two attached hydrogens (primary N) is 1. The third-order valence-electron chi connectivity index (χ3n) is 6.20. The Morgan fingerprint density at radius 1 is 1.06 bits per heavy atom. The van der Waals surface area contributed by atoms with Gasteiger partial charge in [-0.25, -0.2) is 0 Å². The maximum Gasteiger partial charge on any atom is 0.295 e. The molecule has 0 saturated carbocycles. The molecule has 0 spiro atoms. The van der Waals surface area contributed by atoms with E-state index in [2.05, 4.69) is 4.90 Å². The first-order valence-corrected chi connectivity index (χ1v) is 11.5. The molecule has 2 saturated heterocycles. The van der Waals surface area contributed by atoms with Crippen LogP contribution in [0.5, 0.6) is 5.75 Å². The summed E-state index contributed by atoms with van der Waals surface area (Å²) in [6.07, 6.45) is 0. The number of amides is 2. The van der Waals surface area contributed by atoms with Gasteiger partial charge in [0, 0.05) is 31.7 Å². The van der Waals surface area contributed by atoms with Gasteiger partial charge in [-0.05, 0) is 24.6 Å². The number of hydrogen-bond donors (Lipinski definition) is 2. The van der Waals surface area contributed by atoms with E-state index in [-0.39, 0.29) is 17.9 Å². The predicted molar refractivity (Wildman–Crippen MR) is 129 cm³/mol. The molecular formula is C26H29N3O6. The van der Waals surface area contributed by atoms with Crippen molar-refractivity contribution in [1.82, 2.24) is 9.80 Å². The van der Waals surface area contributed by atoms with E-state index in [0.717, 1.165) is 18.7 Å². The van der Waals surface area contributed by atoms with Crippen molar-refractivity contribution in [3.63, 3.8) is 0 Å². The second kappa shape index (κ2) is 10.7. The highest BCUT2D eigenvalue weighted by Crippen LogP contribution is 2.39. The number of carbonyl (C=O) groups is 3. The number of ether oxygens (including phenoxy) is 2. The van der Waals surface area contributed by atoms with Gasteiger partial charge in [0.2, 0.25) is 0 Å². The number of hydrogen-bond acceptors (Lipinski definition) is 7. The molecule has 2 heterocycles. The normalized spacial score (nSPS) is 20.3. The van der Waals surface area contributed by atoms with Gasteiger partial charge in [-0.15, -0.1) is 0 Å². The molecule has 9 nitrogen and oxygen atoms in total. The van der Waals surface area contributed by atoms with Crippen molar-refractivity contribution < 1.29 is 29.0 Å². The summed E-state index contributed by atoms with van der Waals surface area (Å²) >= 11 is 0. The number of aryl methyl sites for hydroxylation is 1. The van der Waals surface area contributed by atoms with Gasteiger partial charge in [-0.2, -0.15) is 0 Å². The molecule has 9 heteroatoms. The molecule has 3 N–H and O–H groups in total. The van der Waals surface area contributed by atoms with Crippen molar-refractivity contribution in [2.45, 2.75) is 13.0 Å². The van der Waals surface area contributed by atoms with Gasteiger partial charge < -0.3 is 25.2 Å². The van der Waals surface area contributed by atoms with Crippen molar-refractivity contribution in [2.75, 3.05) is 46.0 Å². The number of Topliss-reactive ketones (excluding diaryl/α,β-unsaturated/α-hetero) is 1. The van der Waals surface area contributed by atoms with Crippen LogP contribution < -0.4 is 10.5 Å². The second-order valence-electron chi connectivity index (χ2n) is 8.64. The van der Waals surface area contributed by atoms with Crippen LogP contribution in [0.2, 0.25) is 0 Å². The van der Waals surface area contributed by atoms with Gasteiger partial charge in [-0.1, -0.05) is 42.0 Å². The van der Waals surface area contributed by atoms with Crippen LogP contribution in [-0.4, -0.2) is 78.5 Å². The van der Waals surface area contributed by atoms with Gasteiger partial charge >= 0.3 is 0 Å². The summed E-state index contributed by atoms with van der Waals surface area (Å²) in [5.41, 5.74) is 7.31. The van der Waals surface area contributed by atoms with Crippen LogP contribution in [-0.2, 0) is 19.1 Å². The summed E-state index contributed by atoms with van der Waals surface area (Å²) < 4.78 is 10.7. The van der Waals surface area contributed by atoms with E-state index in [0.29, 0.717) is 43.2 Å². The molecule has 1 unspecified atom stereocenters. The average molecular weight is 480 g/mol. The minimum absolute atomic E-state index is 0.0478. The Bertz CT molecular complexity index is 1120. The van der Waals surface area contributed by atoms with Crippen molar-refractivity contribution >= 4 is 23.4 Å². The summed E-state index contributed by atoms with van der Waals surface area (Å²) in [6, 6.07) is 13.1. The van der Waals surface area contributed by atoms with Crippen LogP contribution in [0.1, 0.15) is 22.7 Å². The molecule has 2 aromatic carbocycles. The number of primary amides is 1. The first-order chi connectivity index (χ1) is 16.8. The molecule has 2 aliphatic rings. The molecule has 35 heavy (non-hydrogen) atoms. The van der Waals surface area contributed by atoms with E-state index in [9.17, 15) is 19.5 Å². The molecule has 0 aliphatic carbocycles. The van der Waals surface area contributed by atoms with Gasteiger partial charge in [0.25, 0.3) is 17.6 Å². The number of likely N-dealkylation sites (tertiary alicyclic amines) is 1.